The van der Waals surface area contributed by atoms with Crippen LogP contribution in [-0.2, 0) is 4.79 Å². The molecule has 1 aliphatic carbocycles. The fraction of sp³-hybridized carbons (Fsp3) is 0.875. The topological polar surface area (TPSA) is 17.1 Å². The van der Waals surface area contributed by atoms with Gasteiger partial charge in [0.25, 0.3) is 0 Å². The summed E-state index contributed by atoms with van der Waals surface area (Å²) in [5.41, 5.74) is 0. The lowest BCUT2D eigenvalue weighted by atomic mass is 9.81. The second kappa shape index (κ2) is 3.42. The van der Waals surface area contributed by atoms with Crippen LogP contribution in [0.2, 0.25) is 0 Å². The third-order valence-corrected chi connectivity index (χ3v) is 2.76. The fourth-order valence-electron chi connectivity index (χ4n) is 1.68. The van der Waals surface area contributed by atoms with Gasteiger partial charge in [0.1, 0.15) is 0 Å². The minimum absolute atomic E-state index is 0.0900. The fourth-order valence-corrected chi connectivity index (χ4v) is 2.07. The lowest BCUT2D eigenvalue weighted by Gasteiger charge is -2.25. The summed E-state index contributed by atoms with van der Waals surface area (Å²) in [5, 5.41) is 0.0900. The highest BCUT2D eigenvalue weighted by atomic mass is 32.1. The minimum Gasteiger partial charge on any atom is -0.287 e. The highest BCUT2D eigenvalue weighted by Gasteiger charge is 2.25. The van der Waals surface area contributed by atoms with Gasteiger partial charge in [0.05, 0.1) is 0 Å². The van der Waals surface area contributed by atoms with Crippen LogP contribution in [0.1, 0.15) is 32.6 Å². The van der Waals surface area contributed by atoms with Gasteiger partial charge >= 0.3 is 0 Å². The van der Waals surface area contributed by atoms with Crippen LogP contribution in [-0.4, -0.2) is 5.12 Å². The van der Waals surface area contributed by atoms with Crippen molar-refractivity contribution < 1.29 is 4.79 Å². The van der Waals surface area contributed by atoms with Crippen molar-refractivity contribution in [2.24, 2.45) is 11.8 Å². The summed E-state index contributed by atoms with van der Waals surface area (Å²) in [6, 6.07) is 0. The Kier molecular flexibility index (Phi) is 2.78. The van der Waals surface area contributed by atoms with Gasteiger partial charge in [-0.3, -0.25) is 4.79 Å². The molecule has 1 aliphatic rings. The van der Waals surface area contributed by atoms with Crippen molar-refractivity contribution in [3.8, 4) is 0 Å². The maximum absolute atomic E-state index is 10.9. The van der Waals surface area contributed by atoms with E-state index in [2.05, 4.69) is 19.6 Å². The van der Waals surface area contributed by atoms with E-state index in [1.165, 1.54) is 19.3 Å². The van der Waals surface area contributed by atoms with E-state index in [1.807, 2.05) is 0 Å². The third kappa shape index (κ3) is 1.75. The molecule has 2 atom stereocenters. The van der Waals surface area contributed by atoms with Crippen molar-refractivity contribution in [1.82, 2.24) is 0 Å². The number of rotatable bonds is 1. The Morgan fingerprint density at radius 1 is 1.40 bits per heavy atom. The van der Waals surface area contributed by atoms with E-state index in [0.717, 1.165) is 6.42 Å². The number of hydrogen-bond acceptors (Lipinski definition) is 1. The molecule has 0 amide bonds. The summed E-state index contributed by atoms with van der Waals surface area (Å²) in [4.78, 5) is 10.9. The van der Waals surface area contributed by atoms with Crippen LogP contribution in [0.4, 0.5) is 0 Å². The van der Waals surface area contributed by atoms with E-state index < -0.39 is 0 Å². The normalized spacial score (nSPS) is 33.8. The first-order valence-corrected chi connectivity index (χ1v) is 4.39. The lowest BCUT2D eigenvalue weighted by molar-refractivity contribution is -0.116. The van der Waals surface area contributed by atoms with Crippen molar-refractivity contribution >= 4 is 17.7 Å². The summed E-state index contributed by atoms with van der Waals surface area (Å²) in [6.45, 7) is 2.15. The maximum Gasteiger partial charge on any atom is 0.189 e. The van der Waals surface area contributed by atoms with E-state index in [1.54, 1.807) is 0 Å². The van der Waals surface area contributed by atoms with Crippen LogP contribution in [0.15, 0.2) is 0 Å². The zero-order valence-electron chi connectivity index (χ0n) is 6.34. The Morgan fingerprint density at radius 3 is 2.40 bits per heavy atom. The molecule has 0 radical (unpaired) electrons. The van der Waals surface area contributed by atoms with Crippen molar-refractivity contribution in [2.75, 3.05) is 0 Å². The first kappa shape index (κ1) is 8.12. The smallest absolute Gasteiger partial charge is 0.189 e. The van der Waals surface area contributed by atoms with Crippen LogP contribution in [0.3, 0.4) is 0 Å². The van der Waals surface area contributed by atoms with Crippen LogP contribution in [0.25, 0.3) is 0 Å². The molecule has 0 aliphatic heterocycles. The van der Waals surface area contributed by atoms with Crippen molar-refractivity contribution in [2.45, 2.75) is 32.6 Å². The molecule has 0 N–H and O–H groups in total. The van der Waals surface area contributed by atoms with E-state index in [4.69, 9.17) is 0 Å². The van der Waals surface area contributed by atoms with Gasteiger partial charge < -0.3 is 0 Å². The molecule has 0 saturated heterocycles. The van der Waals surface area contributed by atoms with Crippen LogP contribution < -0.4 is 0 Å². The Bertz CT molecular complexity index is 133. The standard InChI is InChI=1S/C8H14OS/c1-6-4-2-3-5-7(6)8(9)10/h6-7H,2-5H2,1H3,(H,9,10). The Labute approximate surface area is 67.6 Å². The summed E-state index contributed by atoms with van der Waals surface area (Å²) in [7, 11) is 0. The second-order valence-corrected chi connectivity index (χ2v) is 3.65. The Morgan fingerprint density at radius 2 is 2.00 bits per heavy atom. The minimum atomic E-state index is 0.0900. The molecule has 0 heterocycles. The third-order valence-electron chi connectivity index (χ3n) is 2.43. The summed E-state index contributed by atoms with van der Waals surface area (Å²) < 4.78 is 0. The second-order valence-electron chi connectivity index (χ2n) is 3.21. The van der Waals surface area contributed by atoms with Gasteiger partial charge in [0.15, 0.2) is 5.12 Å². The van der Waals surface area contributed by atoms with Gasteiger partial charge in [-0.2, -0.15) is 0 Å². The molecule has 10 heavy (non-hydrogen) atoms. The molecule has 58 valence electrons. The largest absolute Gasteiger partial charge is 0.287 e. The predicted octanol–water partition coefficient (Wildman–Crippen LogP) is 2.27. The molecule has 0 spiro atoms. The summed E-state index contributed by atoms with van der Waals surface area (Å²) in [6.07, 6.45) is 4.76. The van der Waals surface area contributed by atoms with Gasteiger partial charge in [0, 0.05) is 5.92 Å². The van der Waals surface area contributed by atoms with E-state index in [9.17, 15) is 4.79 Å². The molecule has 1 rings (SSSR count). The molecule has 2 heteroatoms. The van der Waals surface area contributed by atoms with Crippen molar-refractivity contribution in [1.29, 1.82) is 0 Å². The molecule has 1 saturated carbocycles. The first-order valence-electron chi connectivity index (χ1n) is 3.94. The molecular weight excluding hydrogens is 144 g/mol. The quantitative estimate of drug-likeness (QED) is 0.579. The van der Waals surface area contributed by atoms with Crippen LogP contribution >= 0.6 is 12.6 Å². The molecule has 1 fully saturated rings. The summed E-state index contributed by atoms with van der Waals surface area (Å²) in [5.74, 6) is 0.816. The van der Waals surface area contributed by atoms with Gasteiger partial charge in [-0.05, 0) is 18.8 Å². The van der Waals surface area contributed by atoms with Gasteiger partial charge in [-0.25, -0.2) is 0 Å². The first-order chi connectivity index (χ1) is 4.72. The molecule has 1 nitrogen and oxygen atoms in total. The number of carbonyl (C=O) groups excluding carboxylic acids is 1. The SMILES string of the molecule is CC1CCCCC1C(=O)S. The monoisotopic (exact) mass is 158 g/mol. The maximum atomic E-state index is 10.9. The molecule has 2 unspecified atom stereocenters. The predicted molar refractivity (Wildman–Crippen MR) is 45.1 cm³/mol. The molecule has 0 bridgehead atoms. The van der Waals surface area contributed by atoms with Crippen LogP contribution in [0.5, 0.6) is 0 Å². The van der Waals surface area contributed by atoms with Crippen molar-refractivity contribution in [3.63, 3.8) is 0 Å². The Hall–Kier alpha value is 0.0200. The summed E-state index contributed by atoms with van der Waals surface area (Å²) >= 11 is 3.86. The molecular formula is C8H14OS. The highest BCUT2D eigenvalue weighted by molar-refractivity contribution is 7.96. The average Bonchev–Trinajstić information content (AvgIpc) is 1.88. The van der Waals surface area contributed by atoms with Crippen LogP contribution in [0, 0.1) is 11.8 Å². The molecule has 0 aromatic rings. The number of carbonyl (C=O) groups is 1. The van der Waals surface area contributed by atoms with E-state index >= 15 is 0 Å². The Balaban J connectivity index is 2.47. The average molecular weight is 158 g/mol. The zero-order valence-corrected chi connectivity index (χ0v) is 7.23. The number of thiol groups is 1. The molecule has 0 aromatic heterocycles. The lowest BCUT2D eigenvalue weighted by Crippen LogP contribution is -2.21. The van der Waals surface area contributed by atoms with Crippen molar-refractivity contribution in [3.05, 3.63) is 0 Å². The highest BCUT2D eigenvalue weighted by Crippen LogP contribution is 2.30. The van der Waals surface area contributed by atoms with Gasteiger partial charge in [-0.1, -0.05) is 19.8 Å². The molecule has 0 aromatic carbocycles. The number of hydrogen-bond donors (Lipinski definition) is 1. The van der Waals surface area contributed by atoms with Gasteiger partial charge in [0.2, 0.25) is 0 Å². The van der Waals surface area contributed by atoms with Gasteiger partial charge in [-0.15, -0.1) is 12.6 Å². The zero-order chi connectivity index (χ0) is 7.56. The van der Waals surface area contributed by atoms with E-state index in [0.29, 0.717) is 5.92 Å². The van der Waals surface area contributed by atoms with E-state index in [-0.39, 0.29) is 11.0 Å².